The average Bonchev–Trinajstić information content (AvgIpc) is 2.33. The van der Waals surface area contributed by atoms with E-state index in [1.807, 2.05) is 32.0 Å². The van der Waals surface area contributed by atoms with E-state index < -0.39 is 10.8 Å². The standard InChI is InChI=1S/C13H22N2O2S/c1-4-17-13-9-11(5-6-12(13)14)15-8-7-10(2)18(3)16/h5-6,9-10,15H,4,7-8,14H2,1-3H3. The number of nitrogens with two attached hydrogens (primary N) is 1. The summed E-state index contributed by atoms with van der Waals surface area (Å²) in [5.74, 6) is 0.703. The van der Waals surface area contributed by atoms with Crippen LogP contribution in [0.1, 0.15) is 20.3 Å². The third-order valence-electron chi connectivity index (χ3n) is 2.76. The normalized spacial score (nSPS) is 13.9. The number of hydrogen-bond acceptors (Lipinski definition) is 4. The molecule has 0 amide bonds. The van der Waals surface area contributed by atoms with E-state index in [2.05, 4.69) is 5.32 Å². The summed E-state index contributed by atoms with van der Waals surface area (Å²) >= 11 is 0. The summed E-state index contributed by atoms with van der Waals surface area (Å²) < 4.78 is 16.6. The van der Waals surface area contributed by atoms with Gasteiger partial charge in [-0.25, -0.2) is 0 Å². The number of hydrogen-bond donors (Lipinski definition) is 2. The molecule has 102 valence electrons. The van der Waals surface area contributed by atoms with Crippen molar-refractivity contribution in [2.45, 2.75) is 25.5 Å². The van der Waals surface area contributed by atoms with Crippen LogP contribution < -0.4 is 15.8 Å². The third-order valence-corrected chi connectivity index (χ3v) is 4.13. The highest BCUT2D eigenvalue weighted by molar-refractivity contribution is 7.84. The molecule has 1 aromatic carbocycles. The Morgan fingerprint density at radius 1 is 1.50 bits per heavy atom. The molecule has 0 fully saturated rings. The minimum atomic E-state index is -0.764. The molecule has 3 N–H and O–H groups in total. The number of ether oxygens (including phenoxy) is 1. The molecule has 2 unspecified atom stereocenters. The topological polar surface area (TPSA) is 64.3 Å². The number of nitrogens with one attached hydrogen (secondary N) is 1. The van der Waals surface area contributed by atoms with Gasteiger partial charge in [-0.3, -0.25) is 4.21 Å². The van der Waals surface area contributed by atoms with E-state index in [1.165, 1.54) is 0 Å². The maximum absolute atomic E-state index is 11.2. The molecule has 0 aliphatic carbocycles. The van der Waals surface area contributed by atoms with Crippen LogP contribution >= 0.6 is 0 Å². The molecule has 2 atom stereocenters. The van der Waals surface area contributed by atoms with Gasteiger partial charge in [-0.05, 0) is 25.5 Å². The van der Waals surface area contributed by atoms with Crippen LogP contribution in [0.2, 0.25) is 0 Å². The van der Waals surface area contributed by atoms with Crippen LogP contribution in [-0.2, 0) is 10.8 Å². The molecule has 0 aromatic heterocycles. The van der Waals surface area contributed by atoms with Gasteiger partial charge in [-0.1, -0.05) is 6.92 Å². The average molecular weight is 270 g/mol. The summed E-state index contributed by atoms with van der Waals surface area (Å²) in [6.07, 6.45) is 2.61. The van der Waals surface area contributed by atoms with Crippen molar-refractivity contribution in [2.75, 3.05) is 30.5 Å². The molecule has 0 aliphatic heterocycles. The van der Waals surface area contributed by atoms with Gasteiger partial charge < -0.3 is 15.8 Å². The van der Waals surface area contributed by atoms with Crippen LogP contribution in [0, 0.1) is 0 Å². The van der Waals surface area contributed by atoms with Gasteiger partial charge in [0.15, 0.2) is 0 Å². The van der Waals surface area contributed by atoms with Crippen molar-refractivity contribution in [3.05, 3.63) is 18.2 Å². The zero-order valence-electron chi connectivity index (χ0n) is 11.2. The molecular weight excluding hydrogens is 248 g/mol. The lowest BCUT2D eigenvalue weighted by atomic mass is 10.2. The zero-order chi connectivity index (χ0) is 13.5. The Morgan fingerprint density at radius 3 is 2.83 bits per heavy atom. The van der Waals surface area contributed by atoms with Gasteiger partial charge >= 0.3 is 0 Å². The molecule has 0 saturated carbocycles. The highest BCUT2D eigenvalue weighted by Crippen LogP contribution is 2.25. The fourth-order valence-electron chi connectivity index (χ4n) is 1.51. The van der Waals surface area contributed by atoms with E-state index in [0.717, 1.165) is 18.7 Å². The Balaban J connectivity index is 2.52. The van der Waals surface area contributed by atoms with Gasteiger partial charge in [-0.15, -0.1) is 0 Å². The molecule has 1 aromatic rings. The van der Waals surface area contributed by atoms with E-state index in [1.54, 1.807) is 6.26 Å². The van der Waals surface area contributed by atoms with Gasteiger partial charge in [0.25, 0.3) is 0 Å². The van der Waals surface area contributed by atoms with Crippen molar-refractivity contribution >= 4 is 22.2 Å². The van der Waals surface area contributed by atoms with Crippen LogP contribution in [0.25, 0.3) is 0 Å². The monoisotopic (exact) mass is 270 g/mol. The van der Waals surface area contributed by atoms with Gasteiger partial charge in [-0.2, -0.15) is 0 Å². The Hall–Kier alpha value is -1.23. The number of benzene rings is 1. The largest absolute Gasteiger partial charge is 0.492 e. The van der Waals surface area contributed by atoms with Crippen molar-refractivity contribution < 1.29 is 8.95 Å². The van der Waals surface area contributed by atoms with Crippen molar-refractivity contribution in [1.82, 2.24) is 0 Å². The molecular formula is C13H22N2O2S. The maximum Gasteiger partial charge on any atom is 0.144 e. The Kier molecular flexibility index (Phi) is 5.98. The van der Waals surface area contributed by atoms with Crippen molar-refractivity contribution in [1.29, 1.82) is 0 Å². The predicted octanol–water partition coefficient (Wildman–Crippen LogP) is 2.24. The quantitative estimate of drug-likeness (QED) is 0.746. The number of nitrogen functional groups attached to an aromatic ring is 1. The first-order chi connectivity index (χ1) is 8.54. The van der Waals surface area contributed by atoms with Gasteiger partial charge in [0.1, 0.15) is 5.75 Å². The fraction of sp³-hybridized carbons (Fsp3) is 0.538. The van der Waals surface area contributed by atoms with Crippen molar-refractivity contribution in [3.63, 3.8) is 0 Å². The first-order valence-electron chi connectivity index (χ1n) is 6.13. The minimum Gasteiger partial charge on any atom is -0.492 e. The Labute approximate surface area is 111 Å². The molecule has 0 heterocycles. The molecule has 0 aliphatic rings. The summed E-state index contributed by atoms with van der Waals surface area (Å²) in [5, 5.41) is 3.49. The second-order valence-corrected chi connectivity index (χ2v) is 6.01. The molecule has 0 saturated heterocycles. The van der Waals surface area contributed by atoms with Crippen LogP contribution in [0.4, 0.5) is 11.4 Å². The van der Waals surface area contributed by atoms with E-state index in [0.29, 0.717) is 18.0 Å². The van der Waals surface area contributed by atoms with Crippen molar-refractivity contribution in [2.24, 2.45) is 0 Å². The molecule has 0 bridgehead atoms. The lowest BCUT2D eigenvalue weighted by Crippen LogP contribution is -2.14. The summed E-state index contributed by atoms with van der Waals surface area (Å²) in [6.45, 7) is 5.31. The molecule has 4 nitrogen and oxygen atoms in total. The van der Waals surface area contributed by atoms with Gasteiger partial charge in [0.05, 0.1) is 12.3 Å². The lowest BCUT2D eigenvalue weighted by molar-refractivity contribution is 0.342. The van der Waals surface area contributed by atoms with Gasteiger partial charge in [0.2, 0.25) is 0 Å². The van der Waals surface area contributed by atoms with Gasteiger partial charge in [0, 0.05) is 40.6 Å². The number of anilines is 2. The first kappa shape index (κ1) is 14.8. The highest BCUT2D eigenvalue weighted by atomic mass is 32.2. The van der Waals surface area contributed by atoms with Crippen molar-refractivity contribution in [3.8, 4) is 5.75 Å². The molecule has 0 spiro atoms. The van der Waals surface area contributed by atoms with Crippen LogP contribution in [0.15, 0.2) is 18.2 Å². The fourth-order valence-corrected chi connectivity index (χ4v) is 1.96. The van der Waals surface area contributed by atoms with E-state index >= 15 is 0 Å². The molecule has 5 heteroatoms. The summed E-state index contributed by atoms with van der Waals surface area (Å²) in [4.78, 5) is 0. The summed E-state index contributed by atoms with van der Waals surface area (Å²) in [6, 6.07) is 5.65. The smallest absolute Gasteiger partial charge is 0.144 e. The highest BCUT2D eigenvalue weighted by Gasteiger charge is 2.06. The second-order valence-electron chi connectivity index (χ2n) is 4.21. The zero-order valence-corrected chi connectivity index (χ0v) is 12.0. The lowest BCUT2D eigenvalue weighted by Gasteiger charge is -2.12. The van der Waals surface area contributed by atoms with E-state index in [9.17, 15) is 4.21 Å². The Morgan fingerprint density at radius 2 is 2.22 bits per heavy atom. The summed E-state index contributed by atoms with van der Waals surface area (Å²) in [5.41, 5.74) is 7.42. The predicted molar refractivity (Wildman–Crippen MR) is 78.7 cm³/mol. The summed E-state index contributed by atoms with van der Waals surface area (Å²) in [7, 11) is -0.764. The first-order valence-corrected chi connectivity index (χ1v) is 7.75. The SMILES string of the molecule is CCOc1cc(NCCC(C)S(C)=O)ccc1N. The number of rotatable bonds is 7. The molecule has 1 rings (SSSR count). The third kappa shape index (κ3) is 4.56. The molecule has 0 radical (unpaired) electrons. The minimum absolute atomic E-state index is 0.206. The molecule has 18 heavy (non-hydrogen) atoms. The Bertz CT molecular complexity index is 410. The van der Waals surface area contributed by atoms with Crippen LogP contribution in [0.5, 0.6) is 5.75 Å². The van der Waals surface area contributed by atoms with Crippen LogP contribution in [-0.4, -0.2) is 28.9 Å². The maximum atomic E-state index is 11.2. The second kappa shape index (κ2) is 7.26. The van der Waals surface area contributed by atoms with E-state index in [-0.39, 0.29) is 5.25 Å². The van der Waals surface area contributed by atoms with Crippen LogP contribution in [0.3, 0.4) is 0 Å². The van der Waals surface area contributed by atoms with E-state index in [4.69, 9.17) is 10.5 Å².